The molecule has 0 bridgehead atoms. The molecule has 0 atom stereocenters. The summed E-state index contributed by atoms with van der Waals surface area (Å²) >= 11 is 0. The van der Waals surface area contributed by atoms with E-state index in [4.69, 9.17) is 4.74 Å². The van der Waals surface area contributed by atoms with Crippen LogP contribution < -0.4 is 0 Å². The van der Waals surface area contributed by atoms with Gasteiger partial charge in [-0.3, -0.25) is 4.79 Å². The molecular formula is C16H18F3N3O2. The fourth-order valence-corrected chi connectivity index (χ4v) is 2.74. The maximum Gasteiger partial charge on any atom is 0.417 e. The minimum atomic E-state index is -4.49. The molecule has 5 nitrogen and oxygen atoms in total. The summed E-state index contributed by atoms with van der Waals surface area (Å²) in [5.74, 6) is -0.534. The second kappa shape index (κ2) is 6.07. The Hall–Kier alpha value is -2.12. The lowest BCUT2D eigenvalue weighted by atomic mass is 10.1. The minimum absolute atomic E-state index is 0.00585. The Morgan fingerprint density at radius 3 is 2.62 bits per heavy atom. The lowest BCUT2D eigenvalue weighted by Gasteiger charge is -2.11. The number of aryl methyl sites for hydroxylation is 1. The number of rotatable bonds is 5. The number of halogens is 3. The van der Waals surface area contributed by atoms with Gasteiger partial charge in [0.15, 0.2) is 5.65 Å². The SMILES string of the molecule is CCOC(=O)Cn1nc(C2CC2)c2c(C(F)(F)F)cc(CC)nc21. The average molecular weight is 341 g/mol. The van der Waals surface area contributed by atoms with Crippen molar-refractivity contribution in [3.63, 3.8) is 0 Å². The third kappa shape index (κ3) is 3.09. The molecule has 0 unspecified atom stereocenters. The zero-order valence-electron chi connectivity index (χ0n) is 13.5. The molecule has 0 radical (unpaired) electrons. The molecule has 8 heteroatoms. The Morgan fingerprint density at radius 1 is 1.38 bits per heavy atom. The molecular weight excluding hydrogens is 323 g/mol. The predicted octanol–water partition coefficient (Wildman–Crippen LogP) is 3.45. The summed E-state index contributed by atoms with van der Waals surface area (Å²) in [6, 6.07) is 1.09. The number of carbonyl (C=O) groups is 1. The van der Waals surface area contributed by atoms with Crippen LogP contribution in [0.25, 0.3) is 11.0 Å². The van der Waals surface area contributed by atoms with Gasteiger partial charge in [0.2, 0.25) is 0 Å². The average Bonchev–Trinajstić information content (AvgIpc) is 3.29. The normalized spacial score (nSPS) is 15.0. The quantitative estimate of drug-likeness (QED) is 0.782. The summed E-state index contributed by atoms with van der Waals surface area (Å²) in [6.45, 7) is 3.37. The standard InChI is InChI=1S/C16H18F3N3O2/c1-3-10-7-11(16(17,18)19)13-14(9-5-6-9)21-22(15(13)20-10)8-12(23)24-4-2/h7,9H,3-6,8H2,1-2H3. The molecule has 24 heavy (non-hydrogen) atoms. The maximum absolute atomic E-state index is 13.5. The Morgan fingerprint density at radius 2 is 2.08 bits per heavy atom. The number of alkyl halides is 3. The lowest BCUT2D eigenvalue weighted by Crippen LogP contribution is -2.15. The lowest BCUT2D eigenvalue weighted by molar-refractivity contribution is -0.144. The molecule has 1 saturated carbocycles. The smallest absolute Gasteiger partial charge is 0.417 e. The van der Waals surface area contributed by atoms with Crippen molar-refractivity contribution in [1.29, 1.82) is 0 Å². The first-order chi connectivity index (χ1) is 11.3. The third-order valence-electron chi connectivity index (χ3n) is 4.00. The van der Waals surface area contributed by atoms with Crippen LogP contribution in [-0.2, 0) is 28.7 Å². The largest absolute Gasteiger partial charge is 0.465 e. The highest BCUT2D eigenvalue weighted by Gasteiger charge is 2.39. The summed E-state index contributed by atoms with van der Waals surface area (Å²) in [5, 5.41) is 4.30. The van der Waals surface area contributed by atoms with Crippen molar-refractivity contribution in [3.8, 4) is 0 Å². The van der Waals surface area contributed by atoms with Gasteiger partial charge in [-0.05, 0) is 32.3 Å². The van der Waals surface area contributed by atoms with Crippen LogP contribution in [0.1, 0.15) is 49.6 Å². The Balaban J connectivity index is 2.21. The van der Waals surface area contributed by atoms with Gasteiger partial charge in [-0.15, -0.1) is 0 Å². The molecule has 0 amide bonds. The van der Waals surface area contributed by atoms with E-state index in [1.165, 1.54) is 4.68 Å². The fourth-order valence-electron chi connectivity index (χ4n) is 2.74. The van der Waals surface area contributed by atoms with Gasteiger partial charge in [0.25, 0.3) is 0 Å². The van der Waals surface area contributed by atoms with Crippen molar-refractivity contribution < 1.29 is 22.7 Å². The Bertz CT molecular complexity index is 779. The van der Waals surface area contributed by atoms with E-state index in [1.807, 2.05) is 0 Å². The zero-order valence-corrected chi connectivity index (χ0v) is 13.5. The van der Waals surface area contributed by atoms with E-state index in [2.05, 4.69) is 10.1 Å². The molecule has 2 aromatic rings. The summed E-state index contributed by atoms with van der Waals surface area (Å²) in [7, 11) is 0. The first-order valence-electron chi connectivity index (χ1n) is 7.98. The molecule has 0 N–H and O–H groups in total. The van der Waals surface area contributed by atoms with E-state index in [-0.39, 0.29) is 30.1 Å². The molecule has 2 heterocycles. The molecule has 1 aliphatic carbocycles. The highest BCUT2D eigenvalue weighted by molar-refractivity contribution is 5.85. The molecule has 0 aromatic carbocycles. The number of carbonyl (C=O) groups excluding carboxylic acids is 1. The molecule has 130 valence electrons. The van der Waals surface area contributed by atoms with Gasteiger partial charge >= 0.3 is 12.1 Å². The number of hydrogen-bond donors (Lipinski definition) is 0. The third-order valence-corrected chi connectivity index (χ3v) is 4.00. The van der Waals surface area contributed by atoms with Crippen molar-refractivity contribution in [2.45, 2.75) is 51.7 Å². The van der Waals surface area contributed by atoms with E-state index in [0.29, 0.717) is 17.8 Å². The fraction of sp³-hybridized carbons (Fsp3) is 0.562. The second-order valence-corrected chi connectivity index (χ2v) is 5.83. The predicted molar refractivity (Wildman–Crippen MR) is 80.5 cm³/mol. The number of nitrogens with zero attached hydrogens (tertiary/aromatic N) is 3. The highest BCUT2D eigenvalue weighted by atomic mass is 19.4. The summed E-state index contributed by atoms with van der Waals surface area (Å²) < 4.78 is 46.7. The molecule has 0 saturated heterocycles. The van der Waals surface area contributed by atoms with Gasteiger partial charge in [-0.25, -0.2) is 9.67 Å². The van der Waals surface area contributed by atoms with Crippen LogP contribution >= 0.6 is 0 Å². The van der Waals surface area contributed by atoms with Crippen molar-refractivity contribution in [2.24, 2.45) is 0 Å². The first kappa shape index (κ1) is 16.7. The number of hydrogen-bond acceptors (Lipinski definition) is 4. The Kier molecular flexibility index (Phi) is 4.23. The number of fused-ring (bicyclic) bond motifs is 1. The monoisotopic (exact) mass is 341 g/mol. The van der Waals surface area contributed by atoms with Gasteiger partial charge < -0.3 is 4.74 Å². The van der Waals surface area contributed by atoms with Crippen molar-refractivity contribution >= 4 is 17.0 Å². The molecule has 0 spiro atoms. The molecule has 1 fully saturated rings. The highest BCUT2D eigenvalue weighted by Crippen LogP contribution is 2.45. The van der Waals surface area contributed by atoms with Crippen molar-refractivity contribution in [1.82, 2.24) is 14.8 Å². The van der Waals surface area contributed by atoms with Gasteiger partial charge in [-0.2, -0.15) is 18.3 Å². The minimum Gasteiger partial charge on any atom is -0.465 e. The zero-order chi connectivity index (χ0) is 17.5. The second-order valence-electron chi connectivity index (χ2n) is 5.83. The van der Waals surface area contributed by atoms with E-state index in [0.717, 1.165) is 18.9 Å². The van der Waals surface area contributed by atoms with Crippen LogP contribution in [0.2, 0.25) is 0 Å². The van der Waals surface area contributed by atoms with Crippen molar-refractivity contribution in [2.75, 3.05) is 6.61 Å². The van der Waals surface area contributed by atoms with Crippen LogP contribution in [0.4, 0.5) is 13.2 Å². The van der Waals surface area contributed by atoms with Crippen LogP contribution in [-0.4, -0.2) is 27.3 Å². The van der Waals surface area contributed by atoms with Crippen LogP contribution in [0.3, 0.4) is 0 Å². The number of pyridine rings is 1. The molecule has 0 aliphatic heterocycles. The number of esters is 1. The van der Waals surface area contributed by atoms with E-state index in [1.54, 1.807) is 13.8 Å². The summed E-state index contributed by atoms with van der Waals surface area (Å²) in [6.07, 6.45) is -2.52. The molecule has 2 aromatic heterocycles. The van der Waals surface area contributed by atoms with Gasteiger partial charge in [0.1, 0.15) is 6.54 Å². The summed E-state index contributed by atoms with van der Waals surface area (Å²) in [5.41, 5.74) is 0.0944. The first-order valence-corrected chi connectivity index (χ1v) is 7.98. The summed E-state index contributed by atoms with van der Waals surface area (Å²) in [4.78, 5) is 16.1. The van der Waals surface area contributed by atoms with Crippen molar-refractivity contribution in [3.05, 3.63) is 23.0 Å². The maximum atomic E-state index is 13.5. The van der Waals surface area contributed by atoms with Crippen LogP contribution in [0, 0.1) is 0 Å². The van der Waals surface area contributed by atoms with Gasteiger partial charge in [-0.1, -0.05) is 6.92 Å². The Labute approximate surface area is 136 Å². The molecule has 1 aliphatic rings. The van der Waals surface area contributed by atoms with Gasteiger partial charge in [0.05, 0.1) is 23.3 Å². The van der Waals surface area contributed by atoms with Gasteiger partial charge in [0, 0.05) is 11.6 Å². The molecule has 3 rings (SSSR count). The van der Waals surface area contributed by atoms with Crippen LogP contribution in [0.5, 0.6) is 0 Å². The number of aromatic nitrogens is 3. The topological polar surface area (TPSA) is 57.0 Å². The van der Waals surface area contributed by atoms with E-state index >= 15 is 0 Å². The number of ether oxygens (including phenoxy) is 1. The van der Waals surface area contributed by atoms with Crippen LogP contribution in [0.15, 0.2) is 6.07 Å². The van der Waals surface area contributed by atoms with E-state index in [9.17, 15) is 18.0 Å². The van der Waals surface area contributed by atoms with E-state index < -0.39 is 17.7 Å².